The number of rotatable bonds is 6. The van der Waals surface area contributed by atoms with Gasteiger partial charge in [0.05, 0.1) is 25.2 Å². The molecule has 0 atom stereocenters. The highest BCUT2D eigenvalue weighted by Crippen LogP contribution is 2.24. The first-order chi connectivity index (χ1) is 9.23. The van der Waals surface area contributed by atoms with Crippen molar-refractivity contribution in [2.75, 3.05) is 25.7 Å². The Hall–Kier alpha value is -1.29. The van der Waals surface area contributed by atoms with Crippen molar-refractivity contribution >= 4 is 22.4 Å². The number of aliphatic hydroxyl groups excluding tert-OH is 2. The van der Waals surface area contributed by atoms with Crippen molar-refractivity contribution < 1.29 is 14.9 Å². The van der Waals surface area contributed by atoms with Crippen molar-refractivity contribution in [1.29, 1.82) is 0 Å². The van der Waals surface area contributed by atoms with Gasteiger partial charge in [-0.3, -0.25) is 0 Å². The van der Waals surface area contributed by atoms with E-state index in [0.29, 0.717) is 5.75 Å². The van der Waals surface area contributed by atoms with Crippen molar-refractivity contribution in [3.63, 3.8) is 0 Å². The normalized spacial score (nSPS) is 11.7. The van der Waals surface area contributed by atoms with Crippen LogP contribution in [0, 0.1) is 5.41 Å². The molecule has 0 bridgehead atoms. The van der Waals surface area contributed by atoms with Gasteiger partial charge in [0, 0.05) is 5.88 Å². The fourth-order valence-electron chi connectivity index (χ4n) is 1.76. The third kappa shape index (κ3) is 3.18. The Bertz CT molecular complexity index is 529. The molecule has 0 saturated heterocycles. The van der Waals surface area contributed by atoms with Crippen molar-refractivity contribution in [3.8, 4) is 5.75 Å². The average molecular weight is 281 g/mol. The zero-order chi connectivity index (χ0) is 13.7. The van der Waals surface area contributed by atoms with Gasteiger partial charge in [-0.15, -0.1) is 11.6 Å². The molecule has 0 spiro atoms. The number of hydrogen-bond donors (Lipinski definition) is 2. The molecule has 19 heavy (non-hydrogen) atoms. The number of fused-ring (bicyclic) bond motifs is 1. The third-order valence-electron chi connectivity index (χ3n) is 3.22. The van der Waals surface area contributed by atoms with E-state index in [1.165, 1.54) is 0 Å². The SMILES string of the molecule is OCC(CO)(CCl)COc1ccc2ccccc2c1. The minimum absolute atomic E-state index is 0.146. The Kier molecular flexibility index (Phi) is 4.64. The first-order valence-corrected chi connectivity index (χ1v) is 6.66. The molecule has 0 saturated carbocycles. The lowest BCUT2D eigenvalue weighted by Crippen LogP contribution is -2.38. The maximum absolute atomic E-state index is 9.30. The molecule has 2 rings (SSSR count). The minimum atomic E-state index is -0.798. The summed E-state index contributed by atoms with van der Waals surface area (Å²) in [6, 6.07) is 13.8. The van der Waals surface area contributed by atoms with E-state index in [1.54, 1.807) is 0 Å². The van der Waals surface area contributed by atoms with E-state index in [0.717, 1.165) is 10.8 Å². The average Bonchev–Trinajstić information content (AvgIpc) is 2.49. The highest BCUT2D eigenvalue weighted by Gasteiger charge is 2.29. The van der Waals surface area contributed by atoms with Crippen LogP contribution < -0.4 is 4.74 Å². The van der Waals surface area contributed by atoms with Crippen LogP contribution in [0.3, 0.4) is 0 Å². The Morgan fingerprint density at radius 3 is 2.32 bits per heavy atom. The molecular weight excluding hydrogens is 264 g/mol. The number of ether oxygens (including phenoxy) is 1. The molecule has 2 N–H and O–H groups in total. The van der Waals surface area contributed by atoms with E-state index in [-0.39, 0.29) is 25.7 Å². The van der Waals surface area contributed by atoms with Gasteiger partial charge in [-0.05, 0) is 22.9 Å². The molecule has 0 heterocycles. The Morgan fingerprint density at radius 2 is 1.68 bits per heavy atom. The fourth-order valence-corrected chi connectivity index (χ4v) is 2.00. The summed E-state index contributed by atoms with van der Waals surface area (Å²) in [6.07, 6.45) is 0. The molecule has 0 aliphatic carbocycles. The highest BCUT2D eigenvalue weighted by atomic mass is 35.5. The largest absolute Gasteiger partial charge is 0.493 e. The molecule has 0 aliphatic heterocycles. The predicted octanol–water partition coefficient (Wildman–Crippen LogP) is 2.43. The van der Waals surface area contributed by atoms with E-state index in [4.69, 9.17) is 16.3 Å². The van der Waals surface area contributed by atoms with Gasteiger partial charge in [-0.1, -0.05) is 30.3 Å². The van der Waals surface area contributed by atoms with Gasteiger partial charge < -0.3 is 14.9 Å². The van der Waals surface area contributed by atoms with Gasteiger partial charge in [0.25, 0.3) is 0 Å². The van der Waals surface area contributed by atoms with Crippen LogP contribution in [-0.4, -0.2) is 35.9 Å². The lowest BCUT2D eigenvalue weighted by molar-refractivity contribution is 0.0315. The first-order valence-electron chi connectivity index (χ1n) is 6.12. The van der Waals surface area contributed by atoms with Gasteiger partial charge in [-0.25, -0.2) is 0 Å². The highest BCUT2D eigenvalue weighted by molar-refractivity contribution is 6.18. The van der Waals surface area contributed by atoms with Crippen LogP contribution in [0.2, 0.25) is 0 Å². The molecule has 102 valence electrons. The monoisotopic (exact) mass is 280 g/mol. The second-order valence-electron chi connectivity index (χ2n) is 4.75. The second kappa shape index (κ2) is 6.24. The number of aliphatic hydroxyl groups is 2. The molecular formula is C15H17ClO3. The van der Waals surface area contributed by atoms with Crippen molar-refractivity contribution in [3.05, 3.63) is 42.5 Å². The van der Waals surface area contributed by atoms with Crippen LogP contribution in [0.15, 0.2) is 42.5 Å². The molecule has 0 aromatic heterocycles. The first kappa shape index (κ1) is 14.1. The van der Waals surface area contributed by atoms with Crippen LogP contribution in [0.4, 0.5) is 0 Å². The van der Waals surface area contributed by atoms with Crippen LogP contribution in [0.5, 0.6) is 5.75 Å². The zero-order valence-electron chi connectivity index (χ0n) is 10.6. The third-order valence-corrected chi connectivity index (χ3v) is 3.79. The number of hydrogen-bond acceptors (Lipinski definition) is 3. The van der Waals surface area contributed by atoms with Gasteiger partial charge in [0.1, 0.15) is 5.75 Å². The fraction of sp³-hybridized carbons (Fsp3) is 0.333. The maximum Gasteiger partial charge on any atom is 0.119 e. The van der Waals surface area contributed by atoms with Crippen molar-refractivity contribution in [2.24, 2.45) is 5.41 Å². The van der Waals surface area contributed by atoms with E-state index in [1.807, 2.05) is 42.5 Å². The summed E-state index contributed by atoms with van der Waals surface area (Å²) in [5.74, 6) is 0.850. The Morgan fingerprint density at radius 1 is 1.00 bits per heavy atom. The summed E-state index contributed by atoms with van der Waals surface area (Å²) < 4.78 is 5.65. The van der Waals surface area contributed by atoms with Gasteiger partial charge in [0.2, 0.25) is 0 Å². The molecule has 0 radical (unpaired) electrons. The maximum atomic E-state index is 9.30. The van der Waals surface area contributed by atoms with Gasteiger partial charge in [0.15, 0.2) is 0 Å². The lowest BCUT2D eigenvalue weighted by Gasteiger charge is -2.27. The molecule has 0 aliphatic rings. The standard InChI is InChI=1S/C15H17ClO3/c16-8-15(9-17,10-18)11-19-14-6-5-12-3-1-2-4-13(12)7-14/h1-7,17-18H,8-11H2. The zero-order valence-corrected chi connectivity index (χ0v) is 11.3. The van der Waals surface area contributed by atoms with Crippen molar-refractivity contribution in [2.45, 2.75) is 0 Å². The molecule has 0 unspecified atom stereocenters. The molecule has 0 fully saturated rings. The summed E-state index contributed by atoms with van der Waals surface area (Å²) in [7, 11) is 0. The molecule has 2 aromatic carbocycles. The smallest absolute Gasteiger partial charge is 0.119 e. The Balaban J connectivity index is 2.13. The van der Waals surface area contributed by atoms with Crippen molar-refractivity contribution in [1.82, 2.24) is 0 Å². The molecule has 3 nitrogen and oxygen atoms in total. The Labute approximate surface area is 117 Å². The van der Waals surface area contributed by atoms with Crippen LogP contribution in [-0.2, 0) is 0 Å². The number of alkyl halides is 1. The van der Waals surface area contributed by atoms with Crippen LogP contribution >= 0.6 is 11.6 Å². The summed E-state index contributed by atoms with van der Waals surface area (Å²) in [6.45, 7) is -0.233. The minimum Gasteiger partial charge on any atom is -0.493 e. The van der Waals surface area contributed by atoms with Crippen LogP contribution in [0.25, 0.3) is 10.8 Å². The van der Waals surface area contributed by atoms with Crippen LogP contribution in [0.1, 0.15) is 0 Å². The quantitative estimate of drug-likeness (QED) is 0.799. The lowest BCUT2D eigenvalue weighted by atomic mass is 9.94. The second-order valence-corrected chi connectivity index (χ2v) is 5.01. The van der Waals surface area contributed by atoms with Gasteiger partial charge in [-0.2, -0.15) is 0 Å². The molecule has 0 amide bonds. The summed E-state index contributed by atoms with van der Waals surface area (Å²) in [4.78, 5) is 0. The number of halogens is 1. The summed E-state index contributed by atoms with van der Waals surface area (Å²) in [5, 5.41) is 20.8. The summed E-state index contributed by atoms with van der Waals surface area (Å²) in [5.41, 5.74) is -0.798. The predicted molar refractivity (Wildman–Crippen MR) is 76.8 cm³/mol. The van der Waals surface area contributed by atoms with E-state index < -0.39 is 5.41 Å². The molecule has 4 heteroatoms. The van der Waals surface area contributed by atoms with Gasteiger partial charge >= 0.3 is 0 Å². The van der Waals surface area contributed by atoms with E-state index >= 15 is 0 Å². The van der Waals surface area contributed by atoms with E-state index in [9.17, 15) is 10.2 Å². The topological polar surface area (TPSA) is 49.7 Å². The van der Waals surface area contributed by atoms with E-state index in [2.05, 4.69) is 0 Å². The molecule has 2 aromatic rings. The summed E-state index contributed by atoms with van der Waals surface area (Å²) >= 11 is 5.79. The number of benzene rings is 2.